The molecule has 1 unspecified atom stereocenters. The fourth-order valence-corrected chi connectivity index (χ4v) is 3.26. The number of aliphatic carboxylic acids is 1. The predicted octanol–water partition coefficient (Wildman–Crippen LogP) is 0.450. The molecule has 8 nitrogen and oxygen atoms in total. The number of carboxylic acids is 1. The van der Waals surface area contributed by atoms with E-state index in [0.29, 0.717) is 13.2 Å². The molecule has 1 rings (SSSR count). The molecule has 1 aromatic carbocycles. The molecule has 0 aromatic heterocycles. The van der Waals surface area contributed by atoms with Crippen LogP contribution in [0.5, 0.6) is 0 Å². The molecule has 1 atom stereocenters. The van der Waals surface area contributed by atoms with Gasteiger partial charge in [-0.15, -0.1) is 0 Å². The minimum Gasteiger partial charge on any atom is -0.480 e. The number of carbonyl (C=O) groups excluding carboxylic acids is 1. The third-order valence-electron chi connectivity index (χ3n) is 3.21. The van der Waals surface area contributed by atoms with Crippen molar-refractivity contribution in [2.24, 2.45) is 5.92 Å². The van der Waals surface area contributed by atoms with Gasteiger partial charge in [0, 0.05) is 19.2 Å². The third kappa shape index (κ3) is 5.59. The van der Waals surface area contributed by atoms with Crippen molar-refractivity contribution in [2.75, 3.05) is 20.3 Å². The molecule has 3 N–H and O–H groups in total. The maximum absolute atomic E-state index is 12.4. The molecule has 1 aromatic rings. The Bertz CT molecular complexity index is 687. The van der Waals surface area contributed by atoms with E-state index in [2.05, 4.69) is 10.0 Å². The van der Waals surface area contributed by atoms with Crippen molar-refractivity contribution in [3.05, 3.63) is 29.8 Å². The molecule has 0 spiro atoms. The molecule has 24 heavy (non-hydrogen) atoms. The fraction of sp³-hybridized carbons (Fsp3) is 0.467. The molecule has 0 saturated carbocycles. The summed E-state index contributed by atoms with van der Waals surface area (Å²) >= 11 is 0. The number of methoxy groups -OCH3 is 1. The van der Waals surface area contributed by atoms with Gasteiger partial charge in [0.2, 0.25) is 10.0 Å². The Hall–Kier alpha value is -1.97. The van der Waals surface area contributed by atoms with Crippen molar-refractivity contribution >= 4 is 21.9 Å². The molecule has 0 aliphatic rings. The fourth-order valence-electron chi connectivity index (χ4n) is 1.88. The van der Waals surface area contributed by atoms with Crippen LogP contribution in [0.3, 0.4) is 0 Å². The zero-order chi connectivity index (χ0) is 18.3. The van der Waals surface area contributed by atoms with E-state index >= 15 is 0 Å². The van der Waals surface area contributed by atoms with Crippen molar-refractivity contribution in [1.29, 1.82) is 0 Å². The molecule has 0 aliphatic heterocycles. The van der Waals surface area contributed by atoms with Crippen LogP contribution < -0.4 is 10.0 Å². The SMILES string of the molecule is COCCNC(=O)c1cccc(S(=O)(=O)NC(C(=O)O)C(C)C)c1. The average molecular weight is 358 g/mol. The molecule has 0 saturated heterocycles. The second-order valence-electron chi connectivity index (χ2n) is 5.46. The number of hydrogen-bond acceptors (Lipinski definition) is 5. The highest BCUT2D eigenvalue weighted by Gasteiger charge is 2.28. The van der Waals surface area contributed by atoms with Crippen LogP contribution >= 0.6 is 0 Å². The van der Waals surface area contributed by atoms with Gasteiger partial charge in [-0.25, -0.2) is 8.42 Å². The van der Waals surface area contributed by atoms with Gasteiger partial charge in [0.1, 0.15) is 6.04 Å². The van der Waals surface area contributed by atoms with Crippen molar-refractivity contribution in [2.45, 2.75) is 24.8 Å². The van der Waals surface area contributed by atoms with E-state index in [0.717, 1.165) is 0 Å². The molecule has 134 valence electrons. The summed E-state index contributed by atoms with van der Waals surface area (Å²) in [6.45, 7) is 3.82. The average Bonchev–Trinajstić information content (AvgIpc) is 2.52. The summed E-state index contributed by atoms with van der Waals surface area (Å²) < 4.78 is 31.7. The normalized spacial score (nSPS) is 12.8. The lowest BCUT2D eigenvalue weighted by Crippen LogP contribution is -2.44. The summed E-state index contributed by atoms with van der Waals surface area (Å²) in [5.41, 5.74) is 0.158. The summed E-state index contributed by atoms with van der Waals surface area (Å²) in [5.74, 6) is -2.14. The molecule has 9 heteroatoms. The van der Waals surface area contributed by atoms with E-state index in [1.807, 2.05) is 0 Å². The maximum Gasteiger partial charge on any atom is 0.322 e. The third-order valence-corrected chi connectivity index (χ3v) is 4.65. The van der Waals surface area contributed by atoms with Gasteiger partial charge in [-0.05, 0) is 24.1 Å². The number of carbonyl (C=O) groups is 2. The standard InChI is InChI=1S/C15H22N2O6S/c1-10(2)13(15(19)20)17-24(21,22)12-6-4-5-11(9-12)14(18)16-7-8-23-3/h4-6,9-10,13,17H,7-8H2,1-3H3,(H,16,18)(H,19,20). The van der Waals surface area contributed by atoms with Gasteiger partial charge < -0.3 is 15.2 Å². The van der Waals surface area contributed by atoms with Crippen molar-refractivity contribution in [3.8, 4) is 0 Å². The highest BCUT2D eigenvalue weighted by Crippen LogP contribution is 2.14. The van der Waals surface area contributed by atoms with Gasteiger partial charge >= 0.3 is 5.97 Å². The first-order valence-corrected chi connectivity index (χ1v) is 8.79. The number of benzene rings is 1. The van der Waals surface area contributed by atoms with E-state index in [4.69, 9.17) is 9.84 Å². The maximum atomic E-state index is 12.4. The summed E-state index contributed by atoms with van der Waals surface area (Å²) in [6.07, 6.45) is 0. The number of nitrogens with one attached hydrogen (secondary N) is 2. The zero-order valence-electron chi connectivity index (χ0n) is 13.8. The topological polar surface area (TPSA) is 122 Å². The van der Waals surface area contributed by atoms with Gasteiger partial charge in [0.05, 0.1) is 11.5 Å². The Labute approximate surface area is 141 Å². The number of hydrogen-bond donors (Lipinski definition) is 3. The summed E-state index contributed by atoms with van der Waals surface area (Å²) in [7, 11) is -2.57. The molecule has 0 fully saturated rings. The molecule has 0 radical (unpaired) electrons. The molecule has 0 aliphatic carbocycles. The quantitative estimate of drug-likeness (QED) is 0.551. The largest absolute Gasteiger partial charge is 0.480 e. The van der Waals surface area contributed by atoms with Crippen LogP contribution in [0, 0.1) is 5.92 Å². The smallest absolute Gasteiger partial charge is 0.322 e. The van der Waals surface area contributed by atoms with Gasteiger partial charge in [0.25, 0.3) is 5.91 Å². The second-order valence-corrected chi connectivity index (χ2v) is 7.17. The van der Waals surface area contributed by atoms with Crippen LogP contribution in [0.4, 0.5) is 0 Å². The lowest BCUT2D eigenvalue weighted by molar-refractivity contribution is -0.140. The lowest BCUT2D eigenvalue weighted by Gasteiger charge is -2.18. The highest BCUT2D eigenvalue weighted by molar-refractivity contribution is 7.89. The minimum absolute atomic E-state index is 0.158. The van der Waals surface area contributed by atoms with Crippen LogP contribution in [-0.2, 0) is 19.6 Å². The molecular weight excluding hydrogens is 336 g/mol. The Balaban J connectivity index is 2.98. The van der Waals surface area contributed by atoms with Crippen LogP contribution in [-0.4, -0.2) is 51.7 Å². The zero-order valence-corrected chi connectivity index (χ0v) is 14.6. The predicted molar refractivity (Wildman–Crippen MR) is 87.2 cm³/mol. The lowest BCUT2D eigenvalue weighted by atomic mass is 10.1. The molecule has 1 amide bonds. The van der Waals surface area contributed by atoms with Crippen molar-refractivity contribution in [3.63, 3.8) is 0 Å². The van der Waals surface area contributed by atoms with E-state index < -0.39 is 33.9 Å². The number of sulfonamides is 1. The van der Waals surface area contributed by atoms with Crippen LogP contribution in [0.15, 0.2) is 29.2 Å². The van der Waals surface area contributed by atoms with Gasteiger partial charge in [-0.1, -0.05) is 19.9 Å². The Kier molecular flexibility index (Phi) is 7.33. The number of amides is 1. The minimum atomic E-state index is -4.07. The second kappa shape index (κ2) is 8.76. The monoisotopic (exact) mass is 358 g/mol. The first-order chi connectivity index (χ1) is 11.2. The van der Waals surface area contributed by atoms with E-state index in [-0.39, 0.29) is 10.5 Å². The van der Waals surface area contributed by atoms with E-state index in [9.17, 15) is 18.0 Å². The van der Waals surface area contributed by atoms with Gasteiger partial charge in [-0.3, -0.25) is 9.59 Å². The molecule has 0 heterocycles. The highest BCUT2D eigenvalue weighted by atomic mass is 32.2. The summed E-state index contributed by atoms with van der Waals surface area (Å²) in [4.78, 5) is 23.0. The van der Waals surface area contributed by atoms with Gasteiger partial charge in [0.15, 0.2) is 0 Å². The van der Waals surface area contributed by atoms with Crippen LogP contribution in [0.1, 0.15) is 24.2 Å². The van der Waals surface area contributed by atoms with Crippen molar-refractivity contribution < 1.29 is 27.9 Å². The van der Waals surface area contributed by atoms with Crippen LogP contribution in [0.2, 0.25) is 0 Å². The first kappa shape index (κ1) is 20.1. The molecule has 0 bridgehead atoms. The Morgan fingerprint density at radius 3 is 2.50 bits per heavy atom. The Morgan fingerprint density at radius 2 is 1.96 bits per heavy atom. The van der Waals surface area contributed by atoms with Gasteiger partial charge in [-0.2, -0.15) is 4.72 Å². The summed E-state index contributed by atoms with van der Waals surface area (Å²) in [5, 5.41) is 11.7. The number of carboxylic acid groups (broad SMARTS) is 1. The summed E-state index contributed by atoms with van der Waals surface area (Å²) in [6, 6.07) is 4.13. The van der Waals surface area contributed by atoms with Crippen molar-refractivity contribution in [1.82, 2.24) is 10.0 Å². The molecular formula is C15H22N2O6S. The number of ether oxygens (including phenoxy) is 1. The Morgan fingerprint density at radius 1 is 1.29 bits per heavy atom. The van der Waals surface area contributed by atoms with Crippen LogP contribution in [0.25, 0.3) is 0 Å². The number of rotatable bonds is 9. The first-order valence-electron chi connectivity index (χ1n) is 7.31. The van der Waals surface area contributed by atoms with E-state index in [1.54, 1.807) is 13.8 Å². The van der Waals surface area contributed by atoms with E-state index in [1.165, 1.54) is 31.4 Å².